The maximum atomic E-state index is 12.3. The Balaban J connectivity index is 2.37. The van der Waals surface area contributed by atoms with Crippen LogP contribution in [-0.2, 0) is 0 Å². The molecule has 0 amide bonds. The molecule has 0 radical (unpaired) electrons. The maximum absolute atomic E-state index is 12.3. The van der Waals surface area contributed by atoms with Gasteiger partial charge in [-0.1, -0.05) is 46.4 Å². The van der Waals surface area contributed by atoms with Crippen LogP contribution in [0.2, 0.25) is 20.1 Å². The number of halogens is 6. The largest absolute Gasteiger partial charge is 0.507 e. The zero-order valence-electron chi connectivity index (χ0n) is 14.7. The Bertz CT molecular complexity index is 1470. The van der Waals surface area contributed by atoms with Gasteiger partial charge in [-0.3, -0.25) is 4.79 Å². The Morgan fingerprint density at radius 2 is 1.52 bits per heavy atom. The summed E-state index contributed by atoms with van der Waals surface area (Å²) >= 11 is 28.9. The van der Waals surface area contributed by atoms with Crippen LogP contribution >= 0.6 is 91.6 Å². The summed E-state index contributed by atoms with van der Waals surface area (Å²) < 4.78 is 6.64. The number of benzene rings is 3. The van der Waals surface area contributed by atoms with Gasteiger partial charge in [0.15, 0.2) is 16.8 Å². The van der Waals surface area contributed by atoms with Crippen LogP contribution < -0.4 is 5.43 Å². The van der Waals surface area contributed by atoms with Crippen LogP contribution in [0.3, 0.4) is 0 Å². The lowest BCUT2D eigenvalue weighted by molar-refractivity contribution is 0.0698. The van der Waals surface area contributed by atoms with E-state index in [0.717, 1.165) is 0 Å². The predicted octanol–water partition coefficient (Wildman–Crippen LogP) is 7.79. The molecule has 158 valence electrons. The Morgan fingerprint density at radius 3 is 2.16 bits per heavy atom. The first-order valence-electron chi connectivity index (χ1n) is 8.22. The van der Waals surface area contributed by atoms with Gasteiger partial charge >= 0.3 is 5.97 Å². The number of phenolic OH excluding ortho intramolecular Hbond substituents is 1. The van der Waals surface area contributed by atoms with Crippen molar-refractivity contribution < 1.29 is 19.4 Å². The van der Waals surface area contributed by atoms with Crippen LogP contribution in [-0.4, -0.2) is 16.2 Å². The Kier molecular flexibility index (Phi) is 6.30. The number of phenols is 1. The zero-order chi connectivity index (χ0) is 22.8. The standard InChI is InChI=1S/C20H6Cl4I2O5/c21-12-10(11(20(29)30)13(22)15(24)14(12)23)9-5-1-3-7(27)16(25)18(5)31-19-6(9)2-4-8(28)17(19)26/h1-4,27H,(H,29,30). The highest BCUT2D eigenvalue weighted by Gasteiger charge is 2.31. The van der Waals surface area contributed by atoms with Gasteiger partial charge in [0.25, 0.3) is 0 Å². The maximum Gasteiger partial charge on any atom is 0.337 e. The molecular weight excluding hydrogens is 716 g/mol. The summed E-state index contributed by atoms with van der Waals surface area (Å²) in [6.07, 6.45) is 0. The molecule has 0 saturated carbocycles. The molecule has 0 bridgehead atoms. The molecule has 5 nitrogen and oxygen atoms in total. The van der Waals surface area contributed by atoms with E-state index in [2.05, 4.69) is 0 Å². The average Bonchev–Trinajstić information content (AvgIpc) is 2.73. The van der Waals surface area contributed by atoms with Crippen LogP contribution in [0.4, 0.5) is 0 Å². The van der Waals surface area contributed by atoms with Crippen molar-refractivity contribution in [2.45, 2.75) is 0 Å². The Morgan fingerprint density at radius 1 is 0.871 bits per heavy atom. The lowest BCUT2D eigenvalue weighted by atomic mass is 9.90. The van der Waals surface area contributed by atoms with Crippen LogP contribution in [0.15, 0.2) is 33.5 Å². The van der Waals surface area contributed by atoms with Gasteiger partial charge in [-0.2, -0.15) is 0 Å². The SMILES string of the molecule is O=C(O)c1c(Cl)c(Cl)c(Cl)c(Cl)c1-c1c2ccc(=O)c(I)c-2oc2c(I)c(O)ccc12. The first-order valence-corrected chi connectivity index (χ1v) is 11.9. The highest BCUT2D eigenvalue weighted by molar-refractivity contribution is 14.1. The molecule has 11 heteroatoms. The van der Waals surface area contributed by atoms with E-state index in [0.29, 0.717) is 20.1 Å². The molecule has 0 spiro atoms. The van der Waals surface area contributed by atoms with Gasteiger partial charge in [0.1, 0.15) is 9.32 Å². The van der Waals surface area contributed by atoms with E-state index in [1.807, 2.05) is 45.2 Å². The van der Waals surface area contributed by atoms with Gasteiger partial charge in [0, 0.05) is 22.1 Å². The summed E-state index contributed by atoms with van der Waals surface area (Å²) in [4.78, 5) is 24.4. The lowest BCUT2D eigenvalue weighted by Gasteiger charge is -2.21. The monoisotopic (exact) mass is 720 g/mol. The molecule has 0 fully saturated rings. The second-order valence-electron chi connectivity index (χ2n) is 6.32. The van der Waals surface area contributed by atoms with E-state index in [-0.39, 0.29) is 57.3 Å². The minimum atomic E-state index is -1.37. The normalized spacial score (nSPS) is 11.4. The number of carbonyl (C=O) groups is 1. The number of hydrogen-bond acceptors (Lipinski definition) is 4. The summed E-state index contributed by atoms with van der Waals surface area (Å²) in [7, 11) is 0. The van der Waals surface area contributed by atoms with E-state index < -0.39 is 5.97 Å². The van der Waals surface area contributed by atoms with Crippen molar-refractivity contribution >= 4 is 109 Å². The molecule has 2 aromatic carbocycles. The number of hydrogen-bond donors (Lipinski definition) is 2. The average molecular weight is 722 g/mol. The molecule has 1 heterocycles. The van der Waals surface area contributed by atoms with Crippen LogP contribution in [0.1, 0.15) is 10.4 Å². The third kappa shape index (κ3) is 3.57. The van der Waals surface area contributed by atoms with E-state index in [1.54, 1.807) is 6.07 Å². The topological polar surface area (TPSA) is 87.7 Å². The fraction of sp³-hybridized carbons (Fsp3) is 0. The van der Waals surface area contributed by atoms with Gasteiger partial charge in [-0.25, -0.2) is 4.79 Å². The van der Waals surface area contributed by atoms with Gasteiger partial charge in [-0.15, -0.1) is 0 Å². The molecule has 0 aromatic heterocycles. The Hall–Kier alpha value is -0.980. The molecule has 1 aliphatic carbocycles. The van der Waals surface area contributed by atoms with E-state index >= 15 is 0 Å². The highest BCUT2D eigenvalue weighted by Crippen LogP contribution is 2.51. The number of carboxylic acids is 1. The van der Waals surface area contributed by atoms with Crippen LogP contribution in [0.25, 0.3) is 33.4 Å². The van der Waals surface area contributed by atoms with Crippen molar-refractivity contribution in [3.63, 3.8) is 0 Å². The second-order valence-corrected chi connectivity index (χ2v) is 9.99. The molecule has 2 aromatic rings. The van der Waals surface area contributed by atoms with Gasteiger partial charge in [0.2, 0.25) is 0 Å². The first kappa shape index (κ1) is 23.2. The molecule has 0 unspecified atom stereocenters. The second kappa shape index (κ2) is 8.42. The molecular formula is C20H6Cl4I2O5. The summed E-state index contributed by atoms with van der Waals surface area (Å²) in [5, 5.41) is 19.9. The Labute approximate surface area is 221 Å². The predicted molar refractivity (Wildman–Crippen MR) is 139 cm³/mol. The van der Waals surface area contributed by atoms with Crippen molar-refractivity contribution in [3.05, 3.63) is 67.3 Å². The molecule has 4 rings (SSSR count). The first-order chi connectivity index (χ1) is 14.6. The smallest absolute Gasteiger partial charge is 0.337 e. The quantitative estimate of drug-likeness (QED) is 0.0956. The van der Waals surface area contributed by atoms with Crippen molar-refractivity contribution in [2.24, 2.45) is 0 Å². The molecule has 0 saturated heterocycles. The van der Waals surface area contributed by atoms with Gasteiger partial charge in [-0.05, 0) is 69.4 Å². The molecule has 2 aliphatic rings. The van der Waals surface area contributed by atoms with Crippen molar-refractivity contribution in [1.82, 2.24) is 0 Å². The van der Waals surface area contributed by atoms with E-state index in [9.17, 15) is 19.8 Å². The van der Waals surface area contributed by atoms with E-state index in [4.69, 9.17) is 50.8 Å². The minimum absolute atomic E-state index is 0.0234. The van der Waals surface area contributed by atoms with Gasteiger partial charge in [0.05, 0.1) is 29.2 Å². The van der Waals surface area contributed by atoms with Crippen molar-refractivity contribution in [3.8, 4) is 28.2 Å². The number of fused-ring (bicyclic) bond motifs is 2. The lowest BCUT2D eigenvalue weighted by Crippen LogP contribution is -2.09. The number of carboxylic acid groups (broad SMARTS) is 1. The summed E-state index contributed by atoms with van der Waals surface area (Å²) in [5.74, 6) is -1.22. The van der Waals surface area contributed by atoms with Crippen LogP contribution in [0.5, 0.6) is 5.75 Å². The number of aromatic hydroxyl groups is 1. The summed E-state index contributed by atoms with van der Waals surface area (Å²) in [5.41, 5.74) is 0.372. The molecule has 0 atom stereocenters. The van der Waals surface area contributed by atoms with Crippen molar-refractivity contribution in [2.75, 3.05) is 0 Å². The highest BCUT2D eigenvalue weighted by atomic mass is 127. The van der Waals surface area contributed by atoms with Gasteiger partial charge < -0.3 is 14.6 Å². The number of rotatable bonds is 2. The minimum Gasteiger partial charge on any atom is -0.507 e. The van der Waals surface area contributed by atoms with Crippen molar-refractivity contribution in [1.29, 1.82) is 0 Å². The third-order valence-corrected chi connectivity index (χ3v) is 8.48. The third-order valence-electron chi connectivity index (χ3n) is 4.61. The number of aromatic carboxylic acids is 1. The summed E-state index contributed by atoms with van der Waals surface area (Å²) in [6.45, 7) is 0. The zero-order valence-corrected chi connectivity index (χ0v) is 22.0. The van der Waals surface area contributed by atoms with Crippen LogP contribution in [0, 0.1) is 7.14 Å². The molecule has 31 heavy (non-hydrogen) atoms. The molecule has 2 N–H and O–H groups in total. The fourth-order valence-corrected chi connectivity index (χ4v) is 5.45. The summed E-state index contributed by atoms with van der Waals surface area (Å²) in [6, 6.07) is 5.85. The molecule has 1 aliphatic heterocycles. The fourth-order valence-electron chi connectivity index (χ4n) is 3.26. The van der Waals surface area contributed by atoms with E-state index in [1.165, 1.54) is 18.2 Å².